The number of fused-ring (bicyclic) bond motifs is 4. The molecule has 0 aromatic heterocycles. The monoisotopic (exact) mass is 300 g/mol. The Kier molecular flexibility index (Phi) is 3.08. The second-order valence-electron chi connectivity index (χ2n) is 5.88. The minimum atomic E-state index is 0.209. The van der Waals surface area contributed by atoms with E-state index in [-0.39, 0.29) is 5.41 Å². The zero-order valence-corrected chi connectivity index (χ0v) is 12.9. The van der Waals surface area contributed by atoms with Gasteiger partial charge in [-0.3, -0.25) is 0 Å². The van der Waals surface area contributed by atoms with Gasteiger partial charge in [0.05, 0.1) is 0 Å². The Hall–Kier alpha value is -0.920. The van der Waals surface area contributed by atoms with Crippen molar-refractivity contribution in [1.29, 1.82) is 0 Å². The molecule has 1 spiro atoms. The molecular weight excluding hydrogens is 284 g/mol. The molecule has 2 aromatic carbocycles. The van der Waals surface area contributed by atoms with Crippen LogP contribution in [0.15, 0.2) is 52.3 Å². The predicted octanol–water partition coefficient (Wildman–Crippen LogP) is 6.05. The number of hydrogen-bond donors (Lipinski definition) is 0. The minimum Gasteiger partial charge on any atom is -0.0895 e. The summed E-state index contributed by atoms with van der Waals surface area (Å²) in [4.78, 5) is 2.83. The summed E-state index contributed by atoms with van der Waals surface area (Å²) in [5, 5.41) is 0.869. The lowest BCUT2D eigenvalue weighted by Gasteiger charge is -2.43. The van der Waals surface area contributed by atoms with Crippen molar-refractivity contribution in [1.82, 2.24) is 0 Å². The van der Waals surface area contributed by atoms with Crippen molar-refractivity contribution in [2.45, 2.75) is 47.3 Å². The third-order valence-corrected chi connectivity index (χ3v) is 6.17. The Balaban J connectivity index is 1.98. The van der Waals surface area contributed by atoms with Crippen LogP contribution in [0.4, 0.5) is 0 Å². The van der Waals surface area contributed by atoms with Crippen LogP contribution < -0.4 is 0 Å². The van der Waals surface area contributed by atoms with Gasteiger partial charge in [-0.05, 0) is 48.2 Å². The molecule has 0 radical (unpaired) electrons. The molecule has 2 aliphatic rings. The summed E-state index contributed by atoms with van der Waals surface area (Å²) in [6.45, 7) is 0. The van der Waals surface area contributed by atoms with E-state index in [0.717, 1.165) is 5.02 Å². The minimum absolute atomic E-state index is 0.209. The topological polar surface area (TPSA) is 0 Å². The van der Waals surface area contributed by atoms with E-state index in [1.165, 1.54) is 53.0 Å². The maximum absolute atomic E-state index is 6.30. The molecule has 0 amide bonds. The normalized spacial score (nSPS) is 19.4. The summed E-state index contributed by atoms with van der Waals surface area (Å²) in [5.74, 6) is 0. The number of rotatable bonds is 0. The van der Waals surface area contributed by atoms with Crippen LogP contribution in [0.1, 0.15) is 43.2 Å². The summed E-state index contributed by atoms with van der Waals surface area (Å²) in [7, 11) is 0. The van der Waals surface area contributed by atoms with Gasteiger partial charge in [-0.2, -0.15) is 0 Å². The number of halogens is 1. The van der Waals surface area contributed by atoms with Crippen molar-refractivity contribution in [3.05, 3.63) is 58.6 Å². The van der Waals surface area contributed by atoms with Crippen LogP contribution in [-0.2, 0) is 5.41 Å². The first-order chi connectivity index (χ1) is 9.79. The standard InChI is InChI=1S/C18H17ClS/c19-13-8-9-17-15(12-13)18(10-4-1-5-11-18)14-6-2-3-7-16(14)20-17/h2-3,6-9,12H,1,4-5,10-11H2. The highest BCUT2D eigenvalue weighted by Crippen LogP contribution is 2.55. The summed E-state index contributed by atoms with van der Waals surface area (Å²) in [6, 6.07) is 15.4. The SMILES string of the molecule is Clc1ccc2c(c1)C1(CCCCC1)c1ccccc1S2. The van der Waals surface area contributed by atoms with E-state index >= 15 is 0 Å². The molecular formula is C18H17ClS. The van der Waals surface area contributed by atoms with E-state index in [1.807, 2.05) is 17.8 Å². The van der Waals surface area contributed by atoms with Crippen LogP contribution in [0.25, 0.3) is 0 Å². The van der Waals surface area contributed by atoms with Crippen LogP contribution in [0.5, 0.6) is 0 Å². The van der Waals surface area contributed by atoms with E-state index in [4.69, 9.17) is 11.6 Å². The van der Waals surface area contributed by atoms with Gasteiger partial charge in [0.2, 0.25) is 0 Å². The molecule has 4 rings (SSSR count). The predicted molar refractivity (Wildman–Crippen MR) is 85.9 cm³/mol. The van der Waals surface area contributed by atoms with Crippen molar-refractivity contribution >= 4 is 23.4 Å². The highest BCUT2D eigenvalue weighted by molar-refractivity contribution is 7.99. The van der Waals surface area contributed by atoms with E-state index in [9.17, 15) is 0 Å². The van der Waals surface area contributed by atoms with E-state index in [1.54, 1.807) is 0 Å². The smallest absolute Gasteiger partial charge is 0.0409 e. The van der Waals surface area contributed by atoms with Gasteiger partial charge in [-0.1, -0.05) is 60.8 Å². The second kappa shape index (κ2) is 4.82. The van der Waals surface area contributed by atoms with Crippen molar-refractivity contribution < 1.29 is 0 Å². The van der Waals surface area contributed by atoms with Gasteiger partial charge in [0.1, 0.15) is 0 Å². The molecule has 102 valence electrons. The molecule has 1 aliphatic carbocycles. The van der Waals surface area contributed by atoms with Gasteiger partial charge >= 0.3 is 0 Å². The Labute approximate surface area is 129 Å². The fourth-order valence-corrected chi connectivity index (χ4v) is 5.30. The molecule has 0 unspecified atom stereocenters. The Morgan fingerprint density at radius 3 is 2.45 bits per heavy atom. The zero-order valence-electron chi connectivity index (χ0n) is 11.4. The maximum atomic E-state index is 6.30. The van der Waals surface area contributed by atoms with Crippen molar-refractivity contribution in [3.8, 4) is 0 Å². The Morgan fingerprint density at radius 1 is 0.850 bits per heavy atom. The molecule has 0 saturated heterocycles. The van der Waals surface area contributed by atoms with Gasteiger partial charge in [-0.25, -0.2) is 0 Å². The molecule has 1 saturated carbocycles. The average Bonchev–Trinajstić information content (AvgIpc) is 2.50. The van der Waals surface area contributed by atoms with Crippen LogP contribution in [0.2, 0.25) is 5.02 Å². The first-order valence-electron chi connectivity index (χ1n) is 7.37. The summed E-state index contributed by atoms with van der Waals surface area (Å²) in [6.07, 6.45) is 6.54. The molecule has 20 heavy (non-hydrogen) atoms. The first kappa shape index (κ1) is 12.8. The lowest BCUT2D eigenvalue weighted by molar-refractivity contribution is 0.335. The highest BCUT2D eigenvalue weighted by atomic mass is 35.5. The largest absolute Gasteiger partial charge is 0.0895 e. The molecule has 0 atom stereocenters. The third-order valence-electron chi connectivity index (χ3n) is 4.79. The lowest BCUT2D eigenvalue weighted by Crippen LogP contribution is -2.33. The molecule has 1 aliphatic heterocycles. The van der Waals surface area contributed by atoms with Gasteiger partial charge in [0, 0.05) is 20.2 Å². The van der Waals surface area contributed by atoms with Crippen LogP contribution in [-0.4, -0.2) is 0 Å². The number of hydrogen-bond acceptors (Lipinski definition) is 1. The fourth-order valence-electron chi connectivity index (χ4n) is 3.87. The van der Waals surface area contributed by atoms with Crippen LogP contribution in [0, 0.1) is 0 Å². The molecule has 1 heterocycles. The second-order valence-corrected chi connectivity index (χ2v) is 7.40. The van der Waals surface area contributed by atoms with E-state index in [0.29, 0.717) is 0 Å². The third kappa shape index (κ3) is 1.83. The van der Waals surface area contributed by atoms with Gasteiger partial charge in [0.25, 0.3) is 0 Å². The molecule has 2 heteroatoms. The van der Waals surface area contributed by atoms with E-state index < -0.39 is 0 Å². The van der Waals surface area contributed by atoms with Crippen molar-refractivity contribution in [3.63, 3.8) is 0 Å². The van der Waals surface area contributed by atoms with Crippen LogP contribution in [0.3, 0.4) is 0 Å². The molecule has 0 bridgehead atoms. The van der Waals surface area contributed by atoms with Gasteiger partial charge in [-0.15, -0.1) is 0 Å². The Bertz CT molecular complexity index is 656. The first-order valence-corrected chi connectivity index (χ1v) is 8.56. The van der Waals surface area contributed by atoms with Crippen molar-refractivity contribution in [2.24, 2.45) is 0 Å². The quantitative estimate of drug-likeness (QED) is 0.570. The van der Waals surface area contributed by atoms with Crippen LogP contribution >= 0.6 is 23.4 Å². The van der Waals surface area contributed by atoms with Crippen molar-refractivity contribution in [2.75, 3.05) is 0 Å². The zero-order chi connectivity index (χ0) is 13.6. The average molecular weight is 301 g/mol. The lowest BCUT2D eigenvalue weighted by atomic mass is 9.65. The summed E-state index contributed by atoms with van der Waals surface area (Å²) in [5.41, 5.74) is 3.20. The summed E-state index contributed by atoms with van der Waals surface area (Å²) < 4.78 is 0. The maximum Gasteiger partial charge on any atom is 0.0409 e. The fraction of sp³-hybridized carbons (Fsp3) is 0.333. The van der Waals surface area contributed by atoms with Gasteiger partial charge < -0.3 is 0 Å². The summed E-state index contributed by atoms with van der Waals surface area (Å²) >= 11 is 8.20. The van der Waals surface area contributed by atoms with Gasteiger partial charge in [0.15, 0.2) is 0 Å². The highest BCUT2D eigenvalue weighted by Gasteiger charge is 2.41. The number of benzene rings is 2. The Morgan fingerprint density at radius 2 is 1.60 bits per heavy atom. The molecule has 1 fully saturated rings. The molecule has 2 aromatic rings. The molecule has 0 nitrogen and oxygen atoms in total. The molecule has 0 N–H and O–H groups in total. The van der Waals surface area contributed by atoms with E-state index in [2.05, 4.69) is 36.4 Å².